The summed E-state index contributed by atoms with van der Waals surface area (Å²) in [7, 11) is 2.96. The van der Waals surface area contributed by atoms with Crippen molar-refractivity contribution in [2.45, 2.75) is 53.6 Å². The van der Waals surface area contributed by atoms with Crippen molar-refractivity contribution in [3.63, 3.8) is 0 Å². The Hall–Kier alpha value is -2.53. The van der Waals surface area contributed by atoms with Crippen LogP contribution in [0.15, 0.2) is 52.4 Å². The molecule has 0 bridgehead atoms. The van der Waals surface area contributed by atoms with Gasteiger partial charge in [-0.2, -0.15) is 0 Å². The number of ether oxygens (including phenoxy) is 2. The van der Waals surface area contributed by atoms with E-state index in [-0.39, 0.29) is 17.1 Å². The van der Waals surface area contributed by atoms with Crippen molar-refractivity contribution in [3.8, 4) is 11.6 Å². The lowest BCUT2D eigenvalue weighted by molar-refractivity contribution is 0.173. The minimum absolute atomic E-state index is 0.0670. The van der Waals surface area contributed by atoms with Crippen LogP contribution in [0, 0.1) is 12.8 Å². The van der Waals surface area contributed by atoms with E-state index in [1.54, 1.807) is 6.92 Å². The molecule has 1 aromatic rings. The molecule has 0 saturated heterocycles. The normalized spacial score (nSPS) is 15.2. The number of rotatable bonds is 10. The van der Waals surface area contributed by atoms with Crippen molar-refractivity contribution in [3.05, 3.63) is 69.1 Å². The van der Waals surface area contributed by atoms with Crippen LogP contribution >= 0.6 is 0 Å². The standard InChI is InChI=1S/C24H35NO4/c1-8-17(3)21(26)18(4)13-11-9-10-12-16(2)14-15-20-19(5)22(27)23(28-6)24(25-20)29-7/h8-11,13-14,18,21,26H,12,15H2,1-7H3,(H,25,27)/b10-9+,13-11+,16-14+,17-8+/t18-,21-/m1/s1. The summed E-state index contributed by atoms with van der Waals surface area (Å²) in [5.74, 6) is 0.615. The van der Waals surface area contributed by atoms with E-state index in [1.165, 1.54) is 19.8 Å². The Labute approximate surface area is 174 Å². The summed E-state index contributed by atoms with van der Waals surface area (Å²) < 4.78 is 10.4. The van der Waals surface area contributed by atoms with Crippen LogP contribution in [-0.2, 0) is 6.42 Å². The lowest BCUT2D eigenvalue weighted by Crippen LogP contribution is -2.16. The monoisotopic (exact) mass is 401 g/mol. The van der Waals surface area contributed by atoms with Gasteiger partial charge in [0.15, 0.2) is 0 Å². The molecule has 0 radical (unpaired) electrons. The van der Waals surface area contributed by atoms with E-state index >= 15 is 0 Å². The van der Waals surface area contributed by atoms with E-state index in [0.29, 0.717) is 17.9 Å². The summed E-state index contributed by atoms with van der Waals surface area (Å²) in [4.78, 5) is 15.5. The van der Waals surface area contributed by atoms with E-state index in [4.69, 9.17) is 9.47 Å². The predicted octanol–water partition coefficient (Wildman–Crippen LogP) is 4.66. The van der Waals surface area contributed by atoms with E-state index in [9.17, 15) is 9.90 Å². The molecule has 0 aliphatic carbocycles. The molecule has 29 heavy (non-hydrogen) atoms. The highest BCUT2D eigenvalue weighted by atomic mass is 16.5. The smallest absolute Gasteiger partial charge is 0.238 e. The lowest BCUT2D eigenvalue weighted by Gasteiger charge is -2.15. The molecule has 2 N–H and O–H groups in total. The van der Waals surface area contributed by atoms with Crippen LogP contribution < -0.4 is 14.9 Å². The fourth-order valence-corrected chi connectivity index (χ4v) is 2.85. The van der Waals surface area contributed by atoms with Gasteiger partial charge in [-0.25, -0.2) is 0 Å². The van der Waals surface area contributed by atoms with Gasteiger partial charge in [0.1, 0.15) is 0 Å². The number of allylic oxidation sites excluding steroid dienone is 6. The Morgan fingerprint density at radius 1 is 1.21 bits per heavy atom. The Morgan fingerprint density at radius 3 is 2.48 bits per heavy atom. The van der Waals surface area contributed by atoms with Crippen molar-refractivity contribution in [2.24, 2.45) is 5.92 Å². The van der Waals surface area contributed by atoms with Gasteiger partial charge in [0.25, 0.3) is 0 Å². The van der Waals surface area contributed by atoms with Crippen molar-refractivity contribution >= 4 is 0 Å². The number of aliphatic hydroxyl groups is 1. The molecule has 1 aromatic heterocycles. The lowest BCUT2D eigenvalue weighted by atomic mass is 9.98. The van der Waals surface area contributed by atoms with E-state index in [2.05, 4.69) is 24.1 Å². The summed E-state index contributed by atoms with van der Waals surface area (Å²) in [6.07, 6.45) is 13.1. The third-order valence-electron chi connectivity index (χ3n) is 5.05. The summed E-state index contributed by atoms with van der Waals surface area (Å²) in [6, 6.07) is 0. The molecule has 0 spiro atoms. The number of H-pyrrole nitrogens is 1. The first-order valence-corrected chi connectivity index (χ1v) is 9.90. The number of aromatic nitrogens is 1. The highest BCUT2D eigenvalue weighted by Crippen LogP contribution is 2.22. The highest BCUT2D eigenvalue weighted by Gasteiger charge is 2.14. The molecule has 5 nitrogen and oxygen atoms in total. The Morgan fingerprint density at radius 2 is 1.90 bits per heavy atom. The SMILES string of the molecule is C/C=C(\C)[C@@H](O)[C@H](C)/C=C/C=C/C/C(C)=C/Cc1[nH]c(OC)c(OC)c(=O)c1C. The van der Waals surface area contributed by atoms with Crippen LogP contribution in [0.25, 0.3) is 0 Å². The zero-order chi connectivity index (χ0) is 22.0. The van der Waals surface area contributed by atoms with Crippen molar-refractivity contribution in [2.75, 3.05) is 14.2 Å². The summed E-state index contributed by atoms with van der Waals surface area (Å²) in [6.45, 7) is 9.72. The van der Waals surface area contributed by atoms with Crippen LogP contribution in [0.2, 0.25) is 0 Å². The van der Waals surface area contributed by atoms with Gasteiger partial charge in [0.2, 0.25) is 17.1 Å². The molecular weight excluding hydrogens is 366 g/mol. The second kappa shape index (κ2) is 12.1. The molecule has 0 fully saturated rings. The number of aromatic amines is 1. The maximum absolute atomic E-state index is 12.4. The summed E-state index contributed by atoms with van der Waals surface area (Å²) >= 11 is 0. The van der Waals surface area contributed by atoms with Crippen molar-refractivity contribution in [1.29, 1.82) is 0 Å². The third kappa shape index (κ3) is 7.09. The summed E-state index contributed by atoms with van der Waals surface area (Å²) in [5.41, 5.74) is 3.47. The van der Waals surface area contributed by atoms with Crippen LogP contribution in [0.4, 0.5) is 0 Å². The second-order valence-electron chi connectivity index (χ2n) is 7.23. The zero-order valence-corrected chi connectivity index (χ0v) is 18.7. The number of aliphatic hydroxyl groups excluding tert-OH is 1. The maximum Gasteiger partial charge on any atom is 0.238 e. The van der Waals surface area contributed by atoms with Crippen LogP contribution in [-0.4, -0.2) is 30.4 Å². The van der Waals surface area contributed by atoms with Gasteiger partial charge >= 0.3 is 0 Å². The third-order valence-corrected chi connectivity index (χ3v) is 5.05. The summed E-state index contributed by atoms with van der Waals surface area (Å²) in [5, 5.41) is 10.1. The van der Waals surface area contributed by atoms with Gasteiger partial charge in [-0.3, -0.25) is 4.79 Å². The number of nitrogens with one attached hydrogen (secondary N) is 1. The largest absolute Gasteiger partial charge is 0.488 e. The molecule has 0 amide bonds. The molecule has 0 aromatic carbocycles. The Balaban J connectivity index is 2.72. The Bertz CT molecular complexity index is 843. The predicted molar refractivity (Wildman–Crippen MR) is 120 cm³/mol. The number of methoxy groups -OCH3 is 2. The van der Waals surface area contributed by atoms with Crippen LogP contribution in [0.1, 0.15) is 45.4 Å². The molecule has 160 valence electrons. The van der Waals surface area contributed by atoms with Gasteiger partial charge in [0.05, 0.1) is 20.3 Å². The molecule has 0 saturated carbocycles. The molecule has 0 unspecified atom stereocenters. The van der Waals surface area contributed by atoms with Gasteiger partial charge < -0.3 is 19.6 Å². The number of hydrogen-bond acceptors (Lipinski definition) is 4. The van der Waals surface area contributed by atoms with Crippen LogP contribution in [0.5, 0.6) is 11.6 Å². The Kier molecular flexibility index (Phi) is 10.2. The van der Waals surface area contributed by atoms with Crippen molar-refractivity contribution < 1.29 is 14.6 Å². The van der Waals surface area contributed by atoms with Gasteiger partial charge in [0, 0.05) is 23.6 Å². The fraction of sp³-hybridized carbons (Fsp3) is 0.458. The molecule has 0 aliphatic heterocycles. The minimum atomic E-state index is -0.446. The van der Waals surface area contributed by atoms with Gasteiger partial charge in [-0.15, -0.1) is 0 Å². The zero-order valence-electron chi connectivity index (χ0n) is 18.7. The second-order valence-corrected chi connectivity index (χ2v) is 7.23. The molecular formula is C24H35NO4. The average molecular weight is 402 g/mol. The molecule has 1 rings (SSSR count). The van der Waals surface area contributed by atoms with E-state index in [0.717, 1.165) is 17.7 Å². The molecule has 5 heteroatoms. The first-order valence-electron chi connectivity index (χ1n) is 9.90. The van der Waals surface area contributed by atoms with Gasteiger partial charge in [-0.05, 0) is 39.7 Å². The van der Waals surface area contributed by atoms with Crippen molar-refractivity contribution in [1.82, 2.24) is 4.98 Å². The topological polar surface area (TPSA) is 71.6 Å². The number of hydrogen-bond donors (Lipinski definition) is 2. The molecule has 1 heterocycles. The number of pyridine rings is 1. The van der Waals surface area contributed by atoms with Gasteiger partial charge in [-0.1, -0.05) is 49.0 Å². The molecule has 0 aliphatic rings. The quantitative estimate of drug-likeness (QED) is 0.442. The minimum Gasteiger partial charge on any atom is -0.488 e. The van der Waals surface area contributed by atoms with Crippen LogP contribution in [0.3, 0.4) is 0 Å². The van der Waals surface area contributed by atoms with E-state index in [1.807, 2.05) is 45.1 Å². The maximum atomic E-state index is 12.4. The van der Waals surface area contributed by atoms with E-state index < -0.39 is 6.10 Å². The first-order chi connectivity index (χ1) is 13.8. The fourth-order valence-electron chi connectivity index (χ4n) is 2.85. The average Bonchev–Trinajstić information content (AvgIpc) is 2.72. The highest BCUT2D eigenvalue weighted by molar-refractivity contribution is 5.40. The first kappa shape index (κ1) is 24.5. The molecule has 2 atom stereocenters.